The van der Waals surface area contributed by atoms with Gasteiger partial charge in [-0.3, -0.25) is 4.79 Å². The van der Waals surface area contributed by atoms with Crippen LogP contribution in [0.4, 0.5) is 30.6 Å². The lowest BCUT2D eigenvalue weighted by atomic mass is 10.0. The average Bonchev–Trinajstić information content (AvgIpc) is 2.69. The van der Waals surface area contributed by atoms with Crippen molar-refractivity contribution in [2.24, 2.45) is 0 Å². The van der Waals surface area contributed by atoms with Gasteiger partial charge in [-0.1, -0.05) is 18.0 Å². The van der Waals surface area contributed by atoms with Crippen LogP contribution >= 0.6 is 11.9 Å². The predicted molar refractivity (Wildman–Crippen MR) is 122 cm³/mol. The van der Waals surface area contributed by atoms with Crippen molar-refractivity contribution >= 4 is 47.3 Å². The molecular formula is C21H26F3N5OS. The minimum Gasteiger partial charge on any atom is -0.368 e. The molecule has 0 unspecified atom stereocenters. The number of anilines is 3. The molecule has 3 N–H and O–H groups in total. The molecular weight excluding hydrogens is 427 g/mol. The van der Waals surface area contributed by atoms with Gasteiger partial charge in [-0.05, 0) is 44.5 Å². The third-order valence-electron chi connectivity index (χ3n) is 4.49. The predicted octanol–water partition coefficient (Wildman–Crippen LogP) is 4.89. The Bertz CT molecular complexity index is 947. The highest BCUT2D eigenvalue weighted by atomic mass is 32.2. The number of aromatic nitrogens is 2. The van der Waals surface area contributed by atoms with Crippen LogP contribution in [0.3, 0.4) is 0 Å². The lowest BCUT2D eigenvalue weighted by Crippen LogP contribution is -2.27. The van der Waals surface area contributed by atoms with Gasteiger partial charge < -0.3 is 15.4 Å². The lowest BCUT2D eigenvalue weighted by molar-refractivity contribution is -0.103. The van der Waals surface area contributed by atoms with Gasteiger partial charge in [-0.15, -0.1) is 0 Å². The first-order valence-electron chi connectivity index (χ1n) is 9.59. The SMILES string of the molecule is CC(C)N(C)c1nc(N)ncc1/C=C(\C=O)c1ccc(NSCCC(C)(F)F)c(F)c1. The Morgan fingerprint density at radius 2 is 2.10 bits per heavy atom. The summed E-state index contributed by atoms with van der Waals surface area (Å²) in [6.45, 7) is 4.80. The highest BCUT2D eigenvalue weighted by Crippen LogP contribution is 2.27. The Balaban J connectivity index is 2.26. The molecule has 0 aliphatic carbocycles. The normalized spacial score (nSPS) is 12.2. The van der Waals surface area contributed by atoms with Crippen molar-refractivity contribution in [3.8, 4) is 0 Å². The molecule has 1 aromatic heterocycles. The number of allylic oxidation sites excluding steroid dienone is 1. The van der Waals surface area contributed by atoms with Gasteiger partial charge in [0.2, 0.25) is 11.9 Å². The minimum absolute atomic E-state index is 0.104. The van der Waals surface area contributed by atoms with Crippen LogP contribution < -0.4 is 15.4 Å². The molecule has 0 radical (unpaired) electrons. The van der Waals surface area contributed by atoms with Crippen LogP contribution in [0.1, 0.15) is 38.3 Å². The number of nitrogens with two attached hydrogens (primary N) is 1. The van der Waals surface area contributed by atoms with E-state index in [1.807, 2.05) is 25.8 Å². The van der Waals surface area contributed by atoms with Crippen LogP contribution in [0.5, 0.6) is 0 Å². The summed E-state index contributed by atoms with van der Waals surface area (Å²) >= 11 is 0.991. The van der Waals surface area contributed by atoms with Gasteiger partial charge in [0.25, 0.3) is 0 Å². The number of alkyl halides is 2. The molecule has 1 heterocycles. The number of hydrogen-bond donors (Lipinski definition) is 2. The number of halogens is 3. The second-order valence-electron chi connectivity index (χ2n) is 7.39. The van der Waals surface area contributed by atoms with Gasteiger partial charge in [-0.25, -0.2) is 18.2 Å². The van der Waals surface area contributed by atoms with Crippen LogP contribution in [0.25, 0.3) is 11.6 Å². The van der Waals surface area contributed by atoms with E-state index in [0.29, 0.717) is 23.2 Å². The number of nitrogens with one attached hydrogen (secondary N) is 1. The van der Waals surface area contributed by atoms with Crippen molar-refractivity contribution in [1.29, 1.82) is 0 Å². The summed E-state index contributed by atoms with van der Waals surface area (Å²) in [7, 11) is 1.84. The number of nitrogen functional groups attached to an aromatic ring is 1. The van der Waals surface area contributed by atoms with Gasteiger partial charge >= 0.3 is 0 Å². The summed E-state index contributed by atoms with van der Waals surface area (Å²) < 4.78 is 42.9. The zero-order valence-corrected chi connectivity index (χ0v) is 18.6. The Hall–Kier alpha value is -2.75. The molecule has 10 heteroatoms. The van der Waals surface area contributed by atoms with E-state index >= 15 is 0 Å². The van der Waals surface area contributed by atoms with Crippen molar-refractivity contribution in [1.82, 2.24) is 9.97 Å². The van der Waals surface area contributed by atoms with E-state index in [-0.39, 0.29) is 35.4 Å². The standard InChI is InChI=1S/C21H26F3N5OS/c1-13(2)29(4)19-15(11-26-20(25)27-19)9-16(12-30)14-5-6-18(17(22)10-14)28-31-8-7-21(3,23)24/h5-6,9-13,28H,7-8H2,1-4H3,(H2,25,26,27)/b16-9+. The maximum Gasteiger partial charge on any atom is 0.246 e. The summed E-state index contributed by atoms with van der Waals surface area (Å²) in [5, 5.41) is 0. The molecule has 2 rings (SSSR count). The molecule has 0 amide bonds. The number of aldehydes is 1. The van der Waals surface area contributed by atoms with E-state index in [0.717, 1.165) is 18.9 Å². The molecule has 6 nitrogen and oxygen atoms in total. The quantitative estimate of drug-likeness (QED) is 0.229. The molecule has 0 saturated carbocycles. The van der Waals surface area contributed by atoms with Crippen molar-refractivity contribution in [2.75, 3.05) is 28.2 Å². The first-order chi connectivity index (χ1) is 14.5. The monoisotopic (exact) mass is 453 g/mol. The van der Waals surface area contributed by atoms with Crippen molar-refractivity contribution in [3.63, 3.8) is 0 Å². The fourth-order valence-corrected chi connectivity index (χ4v) is 3.40. The zero-order chi connectivity index (χ0) is 23.2. The molecule has 0 fully saturated rings. The van der Waals surface area contributed by atoms with E-state index in [1.54, 1.807) is 12.1 Å². The van der Waals surface area contributed by atoms with Crippen molar-refractivity contribution < 1.29 is 18.0 Å². The van der Waals surface area contributed by atoms with Gasteiger partial charge in [0, 0.05) is 42.6 Å². The van der Waals surface area contributed by atoms with Crippen LogP contribution in [-0.4, -0.2) is 41.0 Å². The molecule has 168 valence electrons. The molecule has 0 aliphatic heterocycles. The minimum atomic E-state index is -2.77. The van der Waals surface area contributed by atoms with E-state index < -0.39 is 11.7 Å². The number of hydrogen-bond acceptors (Lipinski definition) is 7. The first kappa shape index (κ1) is 24.5. The summed E-state index contributed by atoms with van der Waals surface area (Å²) in [6, 6.07) is 4.36. The number of nitrogens with zero attached hydrogens (tertiary/aromatic N) is 3. The topological polar surface area (TPSA) is 84.1 Å². The van der Waals surface area contributed by atoms with Crippen molar-refractivity contribution in [2.45, 2.75) is 39.2 Å². The van der Waals surface area contributed by atoms with Crippen molar-refractivity contribution in [3.05, 3.63) is 41.3 Å². The van der Waals surface area contributed by atoms with Crippen LogP contribution in [-0.2, 0) is 4.79 Å². The molecule has 1 aromatic carbocycles. The summed E-state index contributed by atoms with van der Waals surface area (Å²) in [6.07, 6.45) is 3.38. The van der Waals surface area contributed by atoms with Crippen LogP contribution in [0.15, 0.2) is 24.4 Å². The van der Waals surface area contributed by atoms with Gasteiger partial charge in [0.1, 0.15) is 11.6 Å². The number of carbonyl (C=O) groups excluding carboxylic acids is 1. The summed E-state index contributed by atoms with van der Waals surface area (Å²) in [4.78, 5) is 21.9. The second-order valence-corrected chi connectivity index (χ2v) is 8.30. The van der Waals surface area contributed by atoms with E-state index in [4.69, 9.17) is 5.73 Å². The van der Waals surface area contributed by atoms with Crippen LogP contribution in [0, 0.1) is 5.82 Å². The van der Waals surface area contributed by atoms with E-state index in [2.05, 4.69) is 14.7 Å². The van der Waals surface area contributed by atoms with Gasteiger partial charge in [0.05, 0.1) is 5.69 Å². The third-order valence-corrected chi connectivity index (χ3v) is 5.26. The van der Waals surface area contributed by atoms with Gasteiger partial charge in [-0.2, -0.15) is 4.98 Å². The molecule has 0 spiro atoms. The molecule has 31 heavy (non-hydrogen) atoms. The number of rotatable bonds is 10. The fraction of sp³-hybridized carbons (Fsp3) is 0.381. The Morgan fingerprint density at radius 1 is 1.39 bits per heavy atom. The maximum absolute atomic E-state index is 14.5. The summed E-state index contributed by atoms with van der Waals surface area (Å²) in [5.41, 5.74) is 7.01. The largest absolute Gasteiger partial charge is 0.368 e. The van der Waals surface area contributed by atoms with Crippen LogP contribution in [0.2, 0.25) is 0 Å². The Morgan fingerprint density at radius 3 is 2.68 bits per heavy atom. The Kier molecular flexibility index (Phi) is 8.32. The Labute approximate surface area is 184 Å². The van der Waals surface area contributed by atoms with E-state index in [9.17, 15) is 18.0 Å². The van der Waals surface area contributed by atoms with Gasteiger partial charge in [0.15, 0.2) is 6.29 Å². The molecule has 0 saturated heterocycles. The summed E-state index contributed by atoms with van der Waals surface area (Å²) in [5.74, 6) is -2.60. The van der Waals surface area contributed by atoms with E-state index in [1.165, 1.54) is 18.3 Å². The average molecular weight is 454 g/mol. The number of benzene rings is 1. The number of carbonyl (C=O) groups is 1. The highest BCUT2D eigenvalue weighted by Gasteiger charge is 2.20. The smallest absolute Gasteiger partial charge is 0.246 e. The first-order valence-corrected chi connectivity index (χ1v) is 10.6. The third kappa shape index (κ3) is 7.16. The maximum atomic E-state index is 14.5. The molecule has 0 atom stereocenters. The fourth-order valence-electron chi connectivity index (χ4n) is 2.51. The highest BCUT2D eigenvalue weighted by molar-refractivity contribution is 8.00. The molecule has 2 aromatic rings. The zero-order valence-electron chi connectivity index (χ0n) is 17.8. The second kappa shape index (κ2) is 10.5. The molecule has 0 aliphatic rings. The lowest BCUT2D eigenvalue weighted by Gasteiger charge is -2.24. The molecule has 0 bridgehead atoms.